The first kappa shape index (κ1) is 18.7. The Labute approximate surface area is 169 Å². The van der Waals surface area contributed by atoms with Gasteiger partial charge in [-0.2, -0.15) is 0 Å². The number of nitrogens with one attached hydrogen (secondary N) is 1. The van der Waals surface area contributed by atoms with Gasteiger partial charge in [0.1, 0.15) is 0 Å². The number of hydrogen-bond acceptors (Lipinski definition) is 4. The van der Waals surface area contributed by atoms with Crippen LogP contribution < -0.4 is 10.2 Å². The minimum absolute atomic E-state index is 0.0587. The summed E-state index contributed by atoms with van der Waals surface area (Å²) in [6.45, 7) is 2.69. The second-order valence-corrected chi connectivity index (χ2v) is 6.86. The second kappa shape index (κ2) is 8.56. The standard InChI is InChI=1S/C23H22N4O2/c28-22(19-9-6-12-24-17-19)25-20-10-4-5-11-21(20)26-13-15-27(16-14-26)23(29)18-7-2-1-3-8-18/h1-12,17H,13-16H2,(H,25,28). The Morgan fingerprint density at radius 2 is 1.48 bits per heavy atom. The molecule has 0 atom stereocenters. The van der Waals surface area contributed by atoms with Crippen LogP contribution in [-0.2, 0) is 0 Å². The Hall–Kier alpha value is -3.67. The normalized spacial score (nSPS) is 13.8. The molecule has 1 aromatic heterocycles. The van der Waals surface area contributed by atoms with Crippen molar-refractivity contribution < 1.29 is 9.59 Å². The molecule has 1 aliphatic rings. The van der Waals surface area contributed by atoms with E-state index in [2.05, 4.69) is 15.2 Å². The van der Waals surface area contributed by atoms with Gasteiger partial charge in [0.15, 0.2) is 0 Å². The van der Waals surface area contributed by atoms with Crippen LogP contribution in [0, 0.1) is 0 Å². The lowest BCUT2D eigenvalue weighted by Crippen LogP contribution is -2.49. The first-order valence-electron chi connectivity index (χ1n) is 9.62. The number of carbonyl (C=O) groups is 2. The van der Waals surface area contributed by atoms with Crippen LogP contribution in [0.3, 0.4) is 0 Å². The topological polar surface area (TPSA) is 65.5 Å². The maximum Gasteiger partial charge on any atom is 0.257 e. The van der Waals surface area contributed by atoms with Crippen molar-refractivity contribution in [2.45, 2.75) is 0 Å². The van der Waals surface area contributed by atoms with Crippen LogP contribution in [0.5, 0.6) is 0 Å². The fourth-order valence-electron chi connectivity index (χ4n) is 3.46. The van der Waals surface area contributed by atoms with Crippen molar-refractivity contribution in [3.8, 4) is 0 Å². The van der Waals surface area contributed by atoms with E-state index in [-0.39, 0.29) is 11.8 Å². The van der Waals surface area contributed by atoms with Crippen molar-refractivity contribution in [2.75, 3.05) is 36.4 Å². The highest BCUT2D eigenvalue weighted by molar-refractivity contribution is 6.05. The van der Waals surface area contributed by atoms with E-state index in [1.54, 1.807) is 24.5 Å². The smallest absolute Gasteiger partial charge is 0.257 e. The van der Waals surface area contributed by atoms with E-state index >= 15 is 0 Å². The van der Waals surface area contributed by atoms with Crippen LogP contribution in [0.2, 0.25) is 0 Å². The summed E-state index contributed by atoms with van der Waals surface area (Å²) in [6, 6.07) is 20.6. The van der Waals surface area contributed by atoms with Gasteiger partial charge in [-0.1, -0.05) is 30.3 Å². The summed E-state index contributed by atoms with van der Waals surface area (Å²) in [7, 11) is 0. The number of benzene rings is 2. The summed E-state index contributed by atoms with van der Waals surface area (Å²) in [5, 5.41) is 2.98. The van der Waals surface area contributed by atoms with Crippen molar-refractivity contribution in [1.29, 1.82) is 0 Å². The van der Waals surface area contributed by atoms with Crippen LogP contribution >= 0.6 is 0 Å². The molecule has 0 saturated carbocycles. The molecule has 146 valence electrons. The summed E-state index contributed by atoms with van der Waals surface area (Å²) in [6.07, 6.45) is 3.19. The van der Waals surface area contributed by atoms with E-state index in [0.717, 1.165) is 11.4 Å². The number of aromatic nitrogens is 1. The van der Waals surface area contributed by atoms with Crippen molar-refractivity contribution in [3.05, 3.63) is 90.3 Å². The van der Waals surface area contributed by atoms with Gasteiger partial charge >= 0.3 is 0 Å². The van der Waals surface area contributed by atoms with Gasteiger partial charge in [0, 0.05) is 44.1 Å². The Morgan fingerprint density at radius 1 is 0.793 bits per heavy atom. The zero-order chi connectivity index (χ0) is 20.1. The minimum atomic E-state index is -0.191. The van der Waals surface area contributed by atoms with Gasteiger partial charge in [0.2, 0.25) is 0 Å². The van der Waals surface area contributed by atoms with Crippen LogP contribution in [0.4, 0.5) is 11.4 Å². The van der Waals surface area contributed by atoms with Gasteiger partial charge in [-0.15, -0.1) is 0 Å². The van der Waals surface area contributed by atoms with E-state index in [4.69, 9.17) is 0 Å². The zero-order valence-electron chi connectivity index (χ0n) is 16.0. The van der Waals surface area contributed by atoms with Gasteiger partial charge in [-0.05, 0) is 36.4 Å². The largest absolute Gasteiger partial charge is 0.366 e. The highest BCUT2D eigenvalue weighted by Gasteiger charge is 2.23. The molecule has 2 aromatic carbocycles. The van der Waals surface area contributed by atoms with Crippen molar-refractivity contribution in [2.24, 2.45) is 0 Å². The van der Waals surface area contributed by atoms with Crippen molar-refractivity contribution in [1.82, 2.24) is 9.88 Å². The Kier molecular flexibility index (Phi) is 5.52. The molecule has 1 saturated heterocycles. The molecule has 1 aliphatic heterocycles. The molecule has 0 spiro atoms. The molecule has 0 bridgehead atoms. The predicted octanol–water partition coefficient (Wildman–Crippen LogP) is 3.30. The fourth-order valence-corrected chi connectivity index (χ4v) is 3.46. The van der Waals surface area contributed by atoms with Crippen molar-refractivity contribution >= 4 is 23.2 Å². The highest BCUT2D eigenvalue weighted by atomic mass is 16.2. The van der Waals surface area contributed by atoms with Crippen LogP contribution in [0.1, 0.15) is 20.7 Å². The fraction of sp³-hybridized carbons (Fsp3) is 0.174. The summed E-state index contributed by atoms with van der Waals surface area (Å²) >= 11 is 0. The van der Waals surface area contributed by atoms with Crippen LogP contribution in [0.15, 0.2) is 79.1 Å². The van der Waals surface area contributed by atoms with Gasteiger partial charge in [0.05, 0.1) is 16.9 Å². The lowest BCUT2D eigenvalue weighted by atomic mass is 10.1. The highest BCUT2D eigenvalue weighted by Crippen LogP contribution is 2.27. The molecule has 1 N–H and O–H groups in total. The monoisotopic (exact) mass is 386 g/mol. The minimum Gasteiger partial charge on any atom is -0.366 e. The van der Waals surface area contributed by atoms with Gasteiger partial charge in [-0.25, -0.2) is 0 Å². The third-order valence-corrected chi connectivity index (χ3v) is 5.00. The van der Waals surface area contributed by atoms with Crippen LogP contribution in [0.25, 0.3) is 0 Å². The van der Waals surface area contributed by atoms with E-state index in [9.17, 15) is 9.59 Å². The van der Waals surface area contributed by atoms with Gasteiger partial charge in [0.25, 0.3) is 11.8 Å². The maximum absolute atomic E-state index is 12.7. The number of carbonyl (C=O) groups excluding carboxylic acids is 2. The average molecular weight is 386 g/mol. The molecule has 2 amide bonds. The van der Waals surface area contributed by atoms with Gasteiger partial charge in [-0.3, -0.25) is 14.6 Å². The summed E-state index contributed by atoms with van der Waals surface area (Å²) < 4.78 is 0. The molecule has 0 unspecified atom stereocenters. The number of pyridine rings is 1. The number of amides is 2. The summed E-state index contributed by atoms with van der Waals surface area (Å²) in [4.78, 5) is 33.3. The molecule has 6 heteroatoms. The number of hydrogen-bond donors (Lipinski definition) is 1. The molecule has 1 fully saturated rings. The lowest BCUT2D eigenvalue weighted by Gasteiger charge is -2.37. The molecule has 2 heterocycles. The van der Waals surface area contributed by atoms with E-state index in [1.807, 2.05) is 59.5 Å². The lowest BCUT2D eigenvalue weighted by molar-refractivity contribution is 0.0746. The molecule has 0 aliphatic carbocycles. The Balaban J connectivity index is 1.44. The molecule has 29 heavy (non-hydrogen) atoms. The third kappa shape index (κ3) is 4.27. The quantitative estimate of drug-likeness (QED) is 0.747. The summed E-state index contributed by atoms with van der Waals surface area (Å²) in [5.41, 5.74) is 2.94. The molecule has 0 radical (unpaired) electrons. The maximum atomic E-state index is 12.7. The Bertz CT molecular complexity index is 984. The zero-order valence-corrected chi connectivity index (χ0v) is 16.0. The molecule has 6 nitrogen and oxygen atoms in total. The van der Waals surface area contributed by atoms with E-state index in [1.165, 1.54) is 0 Å². The molecular formula is C23H22N4O2. The summed E-state index contributed by atoms with van der Waals surface area (Å²) in [5.74, 6) is -0.133. The van der Waals surface area contributed by atoms with Crippen LogP contribution in [-0.4, -0.2) is 47.9 Å². The second-order valence-electron chi connectivity index (χ2n) is 6.86. The number of rotatable bonds is 4. The average Bonchev–Trinajstić information content (AvgIpc) is 2.80. The molecule has 3 aromatic rings. The van der Waals surface area contributed by atoms with Crippen molar-refractivity contribution in [3.63, 3.8) is 0 Å². The number of anilines is 2. The third-order valence-electron chi connectivity index (χ3n) is 5.00. The number of piperazine rings is 1. The molecule has 4 rings (SSSR count). The van der Waals surface area contributed by atoms with E-state index < -0.39 is 0 Å². The van der Waals surface area contributed by atoms with Gasteiger partial charge < -0.3 is 15.1 Å². The van der Waals surface area contributed by atoms with E-state index in [0.29, 0.717) is 37.3 Å². The number of nitrogens with zero attached hydrogens (tertiary/aromatic N) is 3. The first-order chi connectivity index (χ1) is 14.2. The Morgan fingerprint density at radius 3 is 2.21 bits per heavy atom. The number of para-hydroxylation sites is 2. The first-order valence-corrected chi connectivity index (χ1v) is 9.62. The predicted molar refractivity (Wildman–Crippen MR) is 113 cm³/mol. The SMILES string of the molecule is O=C(Nc1ccccc1N1CCN(C(=O)c2ccccc2)CC1)c1cccnc1. The molecular weight excluding hydrogens is 364 g/mol.